The summed E-state index contributed by atoms with van der Waals surface area (Å²) < 4.78 is 15.0. The monoisotopic (exact) mass is 457 g/mol. The van der Waals surface area contributed by atoms with Gasteiger partial charge in [-0.15, -0.1) is 0 Å². The molecule has 1 N–H and O–H groups in total. The summed E-state index contributed by atoms with van der Waals surface area (Å²) in [5, 5.41) is 7.80. The van der Waals surface area contributed by atoms with Crippen LogP contribution in [0.2, 0.25) is 0 Å². The molecule has 0 spiro atoms. The zero-order chi connectivity index (χ0) is 23.7. The second kappa shape index (κ2) is 9.25. The van der Waals surface area contributed by atoms with Gasteiger partial charge in [-0.3, -0.25) is 4.79 Å². The van der Waals surface area contributed by atoms with Crippen LogP contribution >= 0.6 is 0 Å². The maximum Gasteiger partial charge on any atom is 0.225 e. The molecule has 6 nitrogen and oxygen atoms in total. The molecule has 1 atom stereocenters. The predicted molar refractivity (Wildman–Crippen MR) is 131 cm³/mol. The van der Waals surface area contributed by atoms with E-state index in [4.69, 9.17) is 5.10 Å². The average molecular weight is 458 g/mol. The second-order valence-electron chi connectivity index (χ2n) is 9.06. The van der Waals surface area contributed by atoms with Crippen molar-refractivity contribution >= 4 is 17.2 Å². The lowest BCUT2D eigenvalue weighted by molar-refractivity contribution is -0.125. The number of nitrogens with zero attached hydrogens (tertiary/aromatic N) is 4. The highest BCUT2D eigenvalue weighted by atomic mass is 19.1. The first-order valence-corrected chi connectivity index (χ1v) is 11.7. The van der Waals surface area contributed by atoms with Crippen molar-refractivity contribution in [1.82, 2.24) is 19.9 Å². The molecule has 4 aromatic rings. The van der Waals surface area contributed by atoms with Crippen molar-refractivity contribution in [3.63, 3.8) is 0 Å². The number of aryl methyl sites for hydroxylation is 2. The topological polar surface area (TPSA) is 62.5 Å². The molecule has 5 rings (SSSR count). The van der Waals surface area contributed by atoms with Crippen LogP contribution in [0.5, 0.6) is 0 Å². The Labute approximate surface area is 198 Å². The molecule has 2 aromatic carbocycles. The maximum atomic E-state index is 13.1. The van der Waals surface area contributed by atoms with Crippen LogP contribution < -0.4 is 10.2 Å². The zero-order valence-corrected chi connectivity index (χ0v) is 19.5. The van der Waals surface area contributed by atoms with E-state index < -0.39 is 0 Å². The number of piperidine rings is 1. The van der Waals surface area contributed by atoms with E-state index in [0.717, 1.165) is 47.5 Å². The van der Waals surface area contributed by atoms with Gasteiger partial charge in [-0.2, -0.15) is 5.10 Å². The summed E-state index contributed by atoms with van der Waals surface area (Å²) in [6, 6.07) is 14.7. The van der Waals surface area contributed by atoms with Crippen LogP contribution in [0.25, 0.3) is 16.8 Å². The van der Waals surface area contributed by atoms with Gasteiger partial charge in [-0.05, 0) is 56.0 Å². The lowest BCUT2D eigenvalue weighted by Gasteiger charge is -2.33. The number of carbonyl (C=O) groups is 1. The van der Waals surface area contributed by atoms with Crippen molar-refractivity contribution in [1.29, 1.82) is 0 Å². The van der Waals surface area contributed by atoms with E-state index in [1.165, 1.54) is 23.3 Å². The summed E-state index contributed by atoms with van der Waals surface area (Å²) in [5.74, 6) is 0.464. The summed E-state index contributed by atoms with van der Waals surface area (Å²) in [6.07, 6.45) is 5.37. The van der Waals surface area contributed by atoms with E-state index in [0.29, 0.717) is 13.1 Å². The normalized spacial score (nSPS) is 16.1. The highest BCUT2D eigenvalue weighted by molar-refractivity contribution is 5.81. The van der Waals surface area contributed by atoms with Gasteiger partial charge in [0.25, 0.3) is 0 Å². The first-order valence-electron chi connectivity index (χ1n) is 11.7. The minimum Gasteiger partial charge on any atom is -0.354 e. The lowest BCUT2D eigenvalue weighted by atomic mass is 9.97. The number of amides is 1. The van der Waals surface area contributed by atoms with Gasteiger partial charge in [-0.1, -0.05) is 35.9 Å². The third-order valence-electron chi connectivity index (χ3n) is 6.50. The summed E-state index contributed by atoms with van der Waals surface area (Å²) in [4.78, 5) is 19.7. The summed E-state index contributed by atoms with van der Waals surface area (Å²) in [5.41, 5.74) is 6.25. The molecule has 0 unspecified atom stereocenters. The van der Waals surface area contributed by atoms with E-state index in [1.807, 2.05) is 10.7 Å². The highest BCUT2D eigenvalue weighted by Crippen LogP contribution is 2.30. The quantitative estimate of drug-likeness (QED) is 0.473. The number of benzene rings is 2. The van der Waals surface area contributed by atoms with Gasteiger partial charge in [0.2, 0.25) is 5.91 Å². The van der Waals surface area contributed by atoms with Gasteiger partial charge >= 0.3 is 0 Å². The van der Waals surface area contributed by atoms with Gasteiger partial charge in [0.1, 0.15) is 11.3 Å². The van der Waals surface area contributed by atoms with Crippen LogP contribution in [-0.2, 0) is 11.3 Å². The largest absolute Gasteiger partial charge is 0.354 e. The molecule has 7 heteroatoms. The molecule has 0 bridgehead atoms. The molecule has 0 aliphatic carbocycles. The fourth-order valence-corrected chi connectivity index (χ4v) is 4.70. The van der Waals surface area contributed by atoms with Gasteiger partial charge in [0, 0.05) is 37.6 Å². The number of hydrogen-bond donors (Lipinski definition) is 1. The van der Waals surface area contributed by atoms with Crippen molar-refractivity contribution < 1.29 is 9.18 Å². The smallest absolute Gasteiger partial charge is 0.225 e. The number of rotatable bonds is 5. The van der Waals surface area contributed by atoms with E-state index in [9.17, 15) is 9.18 Å². The molecular formula is C27H28FN5O. The molecule has 1 saturated heterocycles. The zero-order valence-electron chi connectivity index (χ0n) is 19.5. The van der Waals surface area contributed by atoms with Crippen molar-refractivity contribution in [2.75, 3.05) is 18.0 Å². The molecule has 3 heterocycles. The molecule has 1 fully saturated rings. The Bertz CT molecular complexity index is 1330. The van der Waals surface area contributed by atoms with Crippen molar-refractivity contribution in [3.8, 4) is 11.3 Å². The molecule has 2 aromatic heterocycles. The Hall–Kier alpha value is -3.74. The number of halogens is 1. The van der Waals surface area contributed by atoms with E-state index in [1.54, 1.807) is 18.3 Å². The minimum absolute atomic E-state index is 0.0189. The Kier molecular flexibility index (Phi) is 6.01. The molecular weight excluding hydrogens is 429 g/mol. The van der Waals surface area contributed by atoms with Gasteiger partial charge in [0.15, 0.2) is 5.82 Å². The summed E-state index contributed by atoms with van der Waals surface area (Å²) in [6.45, 7) is 6.03. The van der Waals surface area contributed by atoms with Crippen molar-refractivity contribution in [2.45, 2.75) is 33.2 Å². The fourth-order valence-electron chi connectivity index (χ4n) is 4.70. The number of nitrogens with one attached hydrogen (secondary N) is 1. The lowest BCUT2D eigenvalue weighted by Crippen LogP contribution is -2.43. The molecule has 1 amide bonds. The van der Waals surface area contributed by atoms with E-state index in [-0.39, 0.29) is 17.6 Å². The SMILES string of the molecule is Cc1ccc(-c2cc3c(N4CCC[C@@H](C(=O)NCc5ccc(F)cc5)C4)nccn3n2)c(C)c1. The molecule has 0 radical (unpaired) electrons. The Morgan fingerprint density at radius 3 is 2.76 bits per heavy atom. The third kappa shape index (κ3) is 4.51. The van der Waals surface area contributed by atoms with Crippen LogP contribution in [0.15, 0.2) is 60.9 Å². The van der Waals surface area contributed by atoms with Crippen LogP contribution in [0.1, 0.15) is 29.5 Å². The van der Waals surface area contributed by atoms with Crippen molar-refractivity contribution in [2.24, 2.45) is 5.92 Å². The Morgan fingerprint density at radius 1 is 1.15 bits per heavy atom. The molecule has 34 heavy (non-hydrogen) atoms. The van der Waals surface area contributed by atoms with E-state index >= 15 is 0 Å². The molecule has 1 aliphatic heterocycles. The number of fused-ring (bicyclic) bond motifs is 1. The Balaban J connectivity index is 1.34. The van der Waals surface area contributed by atoms with Crippen LogP contribution in [0, 0.1) is 25.6 Å². The number of anilines is 1. The van der Waals surface area contributed by atoms with Gasteiger partial charge in [0.05, 0.1) is 11.6 Å². The summed E-state index contributed by atoms with van der Waals surface area (Å²) >= 11 is 0. The highest BCUT2D eigenvalue weighted by Gasteiger charge is 2.27. The average Bonchev–Trinajstić information content (AvgIpc) is 3.27. The Morgan fingerprint density at radius 2 is 1.97 bits per heavy atom. The summed E-state index contributed by atoms with van der Waals surface area (Å²) in [7, 11) is 0. The molecule has 0 saturated carbocycles. The van der Waals surface area contributed by atoms with Crippen molar-refractivity contribution in [3.05, 3.63) is 83.4 Å². The first-order chi connectivity index (χ1) is 16.5. The van der Waals surface area contributed by atoms with Crippen LogP contribution in [0.3, 0.4) is 0 Å². The third-order valence-corrected chi connectivity index (χ3v) is 6.50. The minimum atomic E-state index is -0.278. The molecule has 1 aliphatic rings. The standard InChI is InChI=1S/C27H28FN5O/c1-18-5-10-23(19(2)14-18)24-15-25-26(29-11-13-33(25)31-24)32-12-3-4-21(17-32)27(34)30-16-20-6-8-22(28)9-7-20/h5-11,13-15,21H,3-4,12,16-17H2,1-2H3,(H,30,34)/t21-/m1/s1. The second-order valence-corrected chi connectivity index (χ2v) is 9.06. The number of carbonyl (C=O) groups excluding carboxylic acids is 1. The number of aromatic nitrogens is 3. The fraction of sp³-hybridized carbons (Fsp3) is 0.296. The number of hydrogen-bond acceptors (Lipinski definition) is 4. The first kappa shape index (κ1) is 22.1. The predicted octanol–water partition coefficient (Wildman–Crippen LogP) is 4.69. The van der Waals surface area contributed by atoms with Crippen LogP contribution in [-0.4, -0.2) is 33.6 Å². The van der Waals surface area contributed by atoms with Crippen LogP contribution in [0.4, 0.5) is 10.2 Å². The molecule has 174 valence electrons. The van der Waals surface area contributed by atoms with Gasteiger partial charge < -0.3 is 10.2 Å². The van der Waals surface area contributed by atoms with E-state index in [2.05, 4.69) is 53.3 Å². The maximum absolute atomic E-state index is 13.1. The van der Waals surface area contributed by atoms with Gasteiger partial charge in [-0.25, -0.2) is 13.9 Å².